The van der Waals surface area contributed by atoms with Gasteiger partial charge in [0.2, 0.25) is 0 Å². The first kappa shape index (κ1) is 11.9. The zero-order chi connectivity index (χ0) is 13.2. The van der Waals surface area contributed by atoms with Crippen LogP contribution in [0.2, 0.25) is 0 Å². The van der Waals surface area contributed by atoms with Crippen molar-refractivity contribution in [1.82, 2.24) is 4.98 Å². The summed E-state index contributed by atoms with van der Waals surface area (Å²) >= 11 is 0. The maximum atomic E-state index is 6.35. The van der Waals surface area contributed by atoms with Gasteiger partial charge in [0, 0.05) is 23.6 Å². The Bertz CT molecular complexity index is 703. The van der Waals surface area contributed by atoms with Gasteiger partial charge in [-0.05, 0) is 29.8 Å². The minimum Gasteiger partial charge on any atom is -0.469 e. The molecule has 3 rings (SSSR count). The summed E-state index contributed by atoms with van der Waals surface area (Å²) in [4.78, 5) is 4.32. The highest BCUT2D eigenvalue weighted by atomic mass is 16.3. The quantitative estimate of drug-likeness (QED) is 0.776. The monoisotopic (exact) mass is 252 g/mol. The van der Waals surface area contributed by atoms with Crippen molar-refractivity contribution in [3.05, 3.63) is 65.7 Å². The average Bonchev–Trinajstić information content (AvgIpc) is 2.94. The molecule has 0 saturated carbocycles. The van der Waals surface area contributed by atoms with Gasteiger partial charge in [-0.15, -0.1) is 0 Å². The largest absolute Gasteiger partial charge is 0.469 e. The normalized spacial score (nSPS) is 12.7. The summed E-state index contributed by atoms with van der Waals surface area (Å²) in [6.45, 7) is 2.07. The van der Waals surface area contributed by atoms with Crippen LogP contribution in [-0.4, -0.2) is 4.98 Å². The van der Waals surface area contributed by atoms with Crippen molar-refractivity contribution in [2.45, 2.75) is 19.4 Å². The summed E-state index contributed by atoms with van der Waals surface area (Å²) in [5.74, 6) is 0.957. The minimum atomic E-state index is -0.154. The predicted molar refractivity (Wildman–Crippen MR) is 75.9 cm³/mol. The molecule has 2 heterocycles. The van der Waals surface area contributed by atoms with E-state index in [2.05, 4.69) is 24.0 Å². The summed E-state index contributed by atoms with van der Waals surface area (Å²) in [5, 5.41) is 1.11. The first-order chi connectivity index (χ1) is 9.29. The average molecular weight is 252 g/mol. The lowest BCUT2D eigenvalue weighted by atomic mass is 9.98. The number of furan rings is 1. The second kappa shape index (κ2) is 4.86. The maximum Gasteiger partial charge on any atom is 0.108 e. The lowest BCUT2D eigenvalue weighted by molar-refractivity contribution is 0.509. The summed E-state index contributed by atoms with van der Waals surface area (Å²) in [6.07, 6.45) is 4.36. The Morgan fingerprint density at radius 2 is 2.16 bits per heavy atom. The predicted octanol–water partition coefficient (Wildman–Crippen LogP) is 3.44. The van der Waals surface area contributed by atoms with E-state index in [0.717, 1.165) is 34.2 Å². The SMILES string of the molecule is CCc1occc1C(N)c1ccc2ncccc2c1. The molecular formula is C16H16N2O. The summed E-state index contributed by atoms with van der Waals surface area (Å²) in [6, 6.07) is 11.9. The van der Waals surface area contributed by atoms with Crippen LogP contribution in [0.3, 0.4) is 0 Å². The first-order valence-electron chi connectivity index (χ1n) is 6.46. The van der Waals surface area contributed by atoms with Gasteiger partial charge in [-0.2, -0.15) is 0 Å². The third-order valence-corrected chi connectivity index (χ3v) is 3.42. The fraction of sp³-hybridized carbons (Fsp3) is 0.188. The number of nitrogens with zero attached hydrogens (tertiary/aromatic N) is 1. The van der Waals surface area contributed by atoms with Crippen LogP contribution in [0.5, 0.6) is 0 Å². The standard InChI is InChI=1S/C16H16N2O/c1-2-15-13(7-9-19-15)16(17)12-5-6-14-11(10-12)4-3-8-18-14/h3-10,16H,2,17H2,1H3. The molecule has 0 aliphatic heterocycles. The van der Waals surface area contributed by atoms with Crippen molar-refractivity contribution >= 4 is 10.9 Å². The lowest BCUT2D eigenvalue weighted by Crippen LogP contribution is -2.12. The number of pyridine rings is 1. The molecule has 0 aliphatic carbocycles. The Kier molecular flexibility index (Phi) is 3.05. The third-order valence-electron chi connectivity index (χ3n) is 3.42. The van der Waals surface area contributed by atoms with Crippen molar-refractivity contribution in [1.29, 1.82) is 0 Å². The van der Waals surface area contributed by atoms with E-state index in [4.69, 9.17) is 10.2 Å². The highest BCUT2D eigenvalue weighted by molar-refractivity contribution is 5.79. The molecule has 1 aromatic carbocycles. The molecule has 0 spiro atoms. The first-order valence-corrected chi connectivity index (χ1v) is 6.46. The van der Waals surface area contributed by atoms with Crippen LogP contribution in [0.15, 0.2) is 53.3 Å². The van der Waals surface area contributed by atoms with Crippen molar-refractivity contribution in [2.75, 3.05) is 0 Å². The second-order valence-corrected chi connectivity index (χ2v) is 4.59. The topological polar surface area (TPSA) is 52.0 Å². The highest BCUT2D eigenvalue weighted by Gasteiger charge is 2.15. The van der Waals surface area contributed by atoms with E-state index >= 15 is 0 Å². The number of nitrogens with two attached hydrogens (primary N) is 1. The van der Waals surface area contributed by atoms with Crippen LogP contribution in [0.4, 0.5) is 0 Å². The molecule has 0 amide bonds. The molecule has 1 atom stereocenters. The highest BCUT2D eigenvalue weighted by Crippen LogP contribution is 2.26. The smallest absolute Gasteiger partial charge is 0.108 e. The van der Waals surface area contributed by atoms with Crippen LogP contribution >= 0.6 is 0 Å². The van der Waals surface area contributed by atoms with E-state index in [0.29, 0.717) is 0 Å². The van der Waals surface area contributed by atoms with Crippen LogP contribution in [0, 0.1) is 0 Å². The van der Waals surface area contributed by atoms with Gasteiger partial charge in [-0.1, -0.05) is 19.1 Å². The van der Waals surface area contributed by atoms with E-state index in [1.165, 1.54) is 0 Å². The molecule has 3 aromatic rings. The van der Waals surface area contributed by atoms with Crippen molar-refractivity contribution in [3.63, 3.8) is 0 Å². The number of fused-ring (bicyclic) bond motifs is 1. The molecule has 3 heteroatoms. The second-order valence-electron chi connectivity index (χ2n) is 4.59. The van der Waals surface area contributed by atoms with Crippen LogP contribution < -0.4 is 5.73 Å². The van der Waals surface area contributed by atoms with Gasteiger partial charge < -0.3 is 10.2 Å². The maximum absolute atomic E-state index is 6.35. The van der Waals surface area contributed by atoms with Crippen molar-refractivity contribution < 1.29 is 4.42 Å². The van der Waals surface area contributed by atoms with Crippen molar-refractivity contribution in [2.24, 2.45) is 5.73 Å². The summed E-state index contributed by atoms with van der Waals surface area (Å²) in [7, 11) is 0. The Morgan fingerprint density at radius 3 is 3.00 bits per heavy atom. The summed E-state index contributed by atoms with van der Waals surface area (Å²) < 4.78 is 5.45. The molecule has 96 valence electrons. The molecule has 3 nitrogen and oxygen atoms in total. The lowest BCUT2D eigenvalue weighted by Gasteiger charge is -2.12. The number of hydrogen-bond acceptors (Lipinski definition) is 3. The number of rotatable bonds is 3. The fourth-order valence-corrected chi connectivity index (χ4v) is 2.38. The Balaban J connectivity index is 2.04. The van der Waals surface area contributed by atoms with Gasteiger partial charge in [0.1, 0.15) is 5.76 Å². The molecule has 0 saturated heterocycles. The van der Waals surface area contributed by atoms with Gasteiger partial charge in [-0.25, -0.2) is 0 Å². The molecule has 0 fully saturated rings. The zero-order valence-corrected chi connectivity index (χ0v) is 10.8. The van der Waals surface area contributed by atoms with Gasteiger partial charge in [0.05, 0.1) is 17.8 Å². The van der Waals surface area contributed by atoms with E-state index in [-0.39, 0.29) is 6.04 Å². The van der Waals surface area contributed by atoms with Crippen LogP contribution in [0.1, 0.15) is 29.9 Å². The van der Waals surface area contributed by atoms with Gasteiger partial charge >= 0.3 is 0 Å². The Hall–Kier alpha value is -2.13. The van der Waals surface area contributed by atoms with E-state index in [9.17, 15) is 0 Å². The molecule has 19 heavy (non-hydrogen) atoms. The van der Waals surface area contributed by atoms with Crippen LogP contribution in [-0.2, 0) is 6.42 Å². The van der Waals surface area contributed by atoms with Crippen molar-refractivity contribution in [3.8, 4) is 0 Å². The van der Waals surface area contributed by atoms with Gasteiger partial charge in [-0.3, -0.25) is 4.98 Å². The molecule has 2 N–H and O–H groups in total. The Morgan fingerprint density at radius 1 is 1.26 bits per heavy atom. The molecule has 0 aliphatic rings. The van der Waals surface area contributed by atoms with E-state index in [1.54, 1.807) is 12.5 Å². The van der Waals surface area contributed by atoms with E-state index < -0.39 is 0 Å². The van der Waals surface area contributed by atoms with Gasteiger partial charge in [0.15, 0.2) is 0 Å². The fourth-order valence-electron chi connectivity index (χ4n) is 2.38. The number of benzene rings is 1. The van der Waals surface area contributed by atoms with Crippen LogP contribution in [0.25, 0.3) is 10.9 Å². The van der Waals surface area contributed by atoms with Gasteiger partial charge in [0.25, 0.3) is 0 Å². The number of aromatic nitrogens is 1. The molecule has 1 unspecified atom stereocenters. The third kappa shape index (κ3) is 2.13. The Labute approximate surface area is 112 Å². The number of aryl methyl sites for hydroxylation is 1. The molecule has 0 bridgehead atoms. The minimum absolute atomic E-state index is 0.154. The molecule has 0 radical (unpaired) electrons. The number of hydrogen-bond donors (Lipinski definition) is 1. The van der Waals surface area contributed by atoms with E-state index in [1.807, 2.05) is 24.3 Å². The zero-order valence-electron chi connectivity index (χ0n) is 10.8. The summed E-state index contributed by atoms with van der Waals surface area (Å²) in [5.41, 5.74) is 9.48. The molecular weight excluding hydrogens is 236 g/mol. The molecule has 2 aromatic heterocycles.